The summed E-state index contributed by atoms with van der Waals surface area (Å²) >= 11 is 0. The van der Waals surface area contributed by atoms with E-state index in [1.165, 1.54) is 16.5 Å². The average Bonchev–Trinajstić information content (AvgIpc) is 3.24. The van der Waals surface area contributed by atoms with Crippen molar-refractivity contribution in [2.45, 2.75) is 13.7 Å². The van der Waals surface area contributed by atoms with Gasteiger partial charge in [-0.15, -0.1) is 0 Å². The maximum absolute atomic E-state index is 11.4. The van der Waals surface area contributed by atoms with Crippen LogP contribution in [0.15, 0.2) is 47.8 Å². The predicted octanol–water partition coefficient (Wildman–Crippen LogP) is 1.68. The number of imidazole rings is 1. The largest absolute Gasteiger partial charge is 0.471 e. The fourth-order valence-electron chi connectivity index (χ4n) is 2.22. The summed E-state index contributed by atoms with van der Waals surface area (Å²) in [4.78, 5) is 15.5. The molecule has 0 radical (unpaired) electrons. The predicted molar refractivity (Wildman–Crippen MR) is 95.0 cm³/mol. The number of esters is 1. The van der Waals surface area contributed by atoms with E-state index in [1.54, 1.807) is 24.7 Å². The summed E-state index contributed by atoms with van der Waals surface area (Å²) in [5, 5.41) is 8.38. The van der Waals surface area contributed by atoms with E-state index < -0.39 is 5.97 Å². The number of carbonyl (C=O) groups excluding carboxylic acids is 1. The molecule has 0 saturated carbocycles. The lowest BCUT2D eigenvalue weighted by Crippen LogP contribution is -2.09. The van der Waals surface area contributed by atoms with Crippen molar-refractivity contribution in [3.8, 4) is 5.75 Å². The van der Waals surface area contributed by atoms with Crippen molar-refractivity contribution in [3.63, 3.8) is 0 Å². The van der Waals surface area contributed by atoms with E-state index in [9.17, 15) is 4.79 Å². The number of para-hydroxylation sites is 1. The second-order valence-corrected chi connectivity index (χ2v) is 5.37. The first-order valence-electron chi connectivity index (χ1n) is 7.76. The van der Waals surface area contributed by atoms with Crippen LogP contribution in [-0.2, 0) is 11.5 Å². The molecular formula is C17H18N6O3. The minimum absolute atomic E-state index is 0.133. The summed E-state index contributed by atoms with van der Waals surface area (Å²) in [7, 11) is 1.31. The highest BCUT2D eigenvalue weighted by atomic mass is 16.5. The molecule has 9 heteroatoms. The lowest BCUT2D eigenvalue weighted by Gasteiger charge is -2.08. The van der Waals surface area contributed by atoms with Gasteiger partial charge >= 0.3 is 5.97 Å². The van der Waals surface area contributed by atoms with Gasteiger partial charge in [-0.25, -0.2) is 19.1 Å². The average molecular weight is 354 g/mol. The Bertz CT molecular complexity index is 944. The third-order valence-corrected chi connectivity index (χ3v) is 3.46. The van der Waals surface area contributed by atoms with E-state index in [0.29, 0.717) is 11.7 Å². The van der Waals surface area contributed by atoms with E-state index in [1.807, 2.05) is 31.2 Å². The Kier molecular flexibility index (Phi) is 4.97. The van der Waals surface area contributed by atoms with Crippen molar-refractivity contribution < 1.29 is 14.3 Å². The SMILES string of the molecule is COC(=O)c1ccn(COc2ccccc2C=Nn2cc(C)nc2N)n1. The lowest BCUT2D eigenvalue weighted by molar-refractivity contribution is 0.0592. The molecule has 0 saturated heterocycles. The van der Waals surface area contributed by atoms with Crippen molar-refractivity contribution in [2.75, 3.05) is 12.8 Å². The van der Waals surface area contributed by atoms with Gasteiger partial charge in [0, 0.05) is 11.8 Å². The van der Waals surface area contributed by atoms with Crippen LogP contribution in [0.2, 0.25) is 0 Å². The number of anilines is 1. The Morgan fingerprint density at radius 1 is 1.35 bits per heavy atom. The molecule has 0 amide bonds. The summed E-state index contributed by atoms with van der Waals surface area (Å²) in [5.41, 5.74) is 7.54. The third-order valence-electron chi connectivity index (χ3n) is 3.46. The topological polar surface area (TPSA) is 110 Å². The maximum Gasteiger partial charge on any atom is 0.358 e. The van der Waals surface area contributed by atoms with Crippen LogP contribution in [0.5, 0.6) is 5.75 Å². The number of nitrogens with zero attached hydrogens (tertiary/aromatic N) is 5. The molecule has 0 bridgehead atoms. The first kappa shape index (κ1) is 17.2. The molecule has 0 spiro atoms. The number of methoxy groups -OCH3 is 1. The van der Waals surface area contributed by atoms with E-state index in [0.717, 1.165) is 11.3 Å². The van der Waals surface area contributed by atoms with E-state index >= 15 is 0 Å². The van der Waals surface area contributed by atoms with E-state index in [-0.39, 0.29) is 12.4 Å². The number of aromatic nitrogens is 4. The number of hydrogen-bond donors (Lipinski definition) is 1. The molecule has 0 atom stereocenters. The van der Waals surface area contributed by atoms with Crippen molar-refractivity contribution in [2.24, 2.45) is 5.10 Å². The van der Waals surface area contributed by atoms with Gasteiger partial charge in [-0.3, -0.25) is 0 Å². The molecule has 0 aliphatic carbocycles. The number of ether oxygens (including phenoxy) is 2. The minimum Gasteiger partial charge on any atom is -0.471 e. The fraction of sp³-hybridized carbons (Fsp3) is 0.176. The zero-order chi connectivity index (χ0) is 18.5. The summed E-state index contributed by atoms with van der Waals surface area (Å²) in [6, 6.07) is 8.97. The fourth-order valence-corrected chi connectivity index (χ4v) is 2.22. The first-order chi connectivity index (χ1) is 12.6. The molecular weight excluding hydrogens is 336 g/mol. The van der Waals surface area contributed by atoms with Crippen LogP contribution in [0.3, 0.4) is 0 Å². The summed E-state index contributed by atoms with van der Waals surface area (Å²) in [5.74, 6) is 0.426. The van der Waals surface area contributed by atoms with Crippen LogP contribution in [-0.4, -0.2) is 38.7 Å². The Hall–Kier alpha value is -3.62. The monoisotopic (exact) mass is 354 g/mol. The van der Waals surface area contributed by atoms with Crippen LogP contribution < -0.4 is 10.5 Å². The first-order valence-corrected chi connectivity index (χ1v) is 7.76. The highest BCUT2D eigenvalue weighted by Gasteiger charge is 2.09. The molecule has 0 unspecified atom stereocenters. The number of benzene rings is 1. The van der Waals surface area contributed by atoms with Gasteiger partial charge < -0.3 is 15.2 Å². The number of rotatable bonds is 6. The van der Waals surface area contributed by atoms with Gasteiger partial charge in [0.05, 0.1) is 25.2 Å². The number of hydrogen-bond acceptors (Lipinski definition) is 7. The molecule has 0 aliphatic heterocycles. The van der Waals surface area contributed by atoms with Gasteiger partial charge in [0.2, 0.25) is 5.95 Å². The van der Waals surface area contributed by atoms with Gasteiger partial charge in [0.25, 0.3) is 0 Å². The lowest BCUT2D eigenvalue weighted by atomic mass is 10.2. The molecule has 2 N–H and O–H groups in total. The number of carbonyl (C=O) groups is 1. The Morgan fingerprint density at radius 3 is 2.88 bits per heavy atom. The Balaban J connectivity index is 1.72. The highest BCUT2D eigenvalue weighted by Crippen LogP contribution is 2.17. The zero-order valence-corrected chi connectivity index (χ0v) is 14.4. The Labute approximate surface area is 149 Å². The van der Waals surface area contributed by atoms with Crippen LogP contribution in [0, 0.1) is 6.92 Å². The summed E-state index contributed by atoms with van der Waals surface area (Å²) in [6.45, 7) is 1.97. The highest BCUT2D eigenvalue weighted by molar-refractivity contribution is 5.86. The molecule has 2 heterocycles. The van der Waals surface area contributed by atoms with Crippen LogP contribution in [0.1, 0.15) is 21.7 Å². The van der Waals surface area contributed by atoms with Crippen molar-refractivity contribution in [3.05, 3.63) is 59.7 Å². The molecule has 134 valence electrons. The quantitative estimate of drug-likeness (QED) is 0.533. The second kappa shape index (κ2) is 7.51. The number of nitrogens with two attached hydrogens (primary N) is 1. The van der Waals surface area contributed by atoms with Gasteiger partial charge in [-0.2, -0.15) is 10.2 Å². The molecule has 2 aromatic heterocycles. The second-order valence-electron chi connectivity index (χ2n) is 5.37. The van der Waals surface area contributed by atoms with E-state index in [2.05, 4.69) is 19.9 Å². The van der Waals surface area contributed by atoms with Crippen LogP contribution >= 0.6 is 0 Å². The smallest absolute Gasteiger partial charge is 0.358 e. The molecule has 3 rings (SSSR count). The molecule has 9 nitrogen and oxygen atoms in total. The van der Waals surface area contributed by atoms with Crippen molar-refractivity contribution in [1.82, 2.24) is 19.4 Å². The molecule has 26 heavy (non-hydrogen) atoms. The summed E-state index contributed by atoms with van der Waals surface area (Å²) in [6.07, 6.45) is 5.00. The van der Waals surface area contributed by atoms with Crippen LogP contribution in [0.25, 0.3) is 0 Å². The summed E-state index contributed by atoms with van der Waals surface area (Å²) < 4.78 is 13.4. The molecule has 1 aromatic carbocycles. The van der Waals surface area contributed by atoms with Crippen LogP contribution in [0.4, 0.5) is 5.95 Å². The minimum atomic E-state index is -0.496. The maximum atomic E-state index is 11.4. The molecule has 0 fully saturated rings. The van der Waals surface area contributed by atoms with Crippen molar-refractivity contribution >= 4 is 18.1 Å². The number of nitrogen functional groups attached to an aromatic ring is 1. The molecule has 0 aliphatic rings. The van der Waals surface area contributed by atoms with Gasteiger partial charge in [-0.1, -0.05) is 12.1 Å². The van der Waals surface area contributed by atoms with Gasteiger partial charge in [0.15, 0.2) is 12.4 Å². The van der Waals surface area contributed by atoms with Gasteiger partial charge in [-0.05, 0) is 25.1 Å². The standard InChI is InChI=1S/C17H18N6O3/c1-12-10-23(17(18)20-12)19-9-13-5-3-4-6-15(13)26-11-22-8-7-14(21-22)16(24)25-2/h3-10H,11H2,1-2H3,(H2,18,20). The van der Waals surface area contributed by atoms with E-state index in [4.69, 9.17) is 10.5 Å². The van der Waals surface area contributed by atoms with Crippen molar-refractivity contribution in [1.29, 1.82) is 0 Å². The molecule has 3 aromatic rings. The third kappa shape index (κ3) is 3.89. The zero-order valence-electron chi connectivity index (χ0n) is 14.4. The number of aryl methyl sites for hydroxylation is 1. The van der Waals surface area contributed by atoms with Gasteiger partial charge in [0.1, 0.15) is 5.75 Å². The Morgan fingerprint density at radius 2 is 2.15 bits per heavy atom. The normalized spacial score (nSPS) is 11.0.